The Morgan fingerprint density at radius 3 is 2.38 bits per heavy atom. The molecule has 0 amide bonds. The van der Waals surface area contributed by atoms with Crippen molar-refractivity contribution in [1.29, 1.82) is 0 Å². The van der Waals surface area contributed by atoms with E-state index in [-0.39, 0.29) is 35.0 Å². The molecule has 0 aliphatic carbocycles. The first kappa shape index (κ1) is 22.1. The van der Waals surface area contributed by atoms with Gasteiger partial charge in [-0.25, -0.2) is 0 Å². The van der Waals surface area contributed by atoms with Crippen molar-refractivity contribution in [3.8, 4) is 28.7 Å². The van der Waals surface area contributed by atoms with Gasteiger partial charge < -0.3 is 50.0 Å². The van der Waals surface area contributed by atoms with Gasteiger partial charge in [-0.3, -0.25) is 4.79 Å². The van der Waals surface area contributed by atoms with Crippen LogP contribution < -0.4 is 9.47 Å². The zero-order chi connectivity index (χ0) is 23.2. The second kappa shape index (κ2) is 8.45. The molecular formula is C21H22O11. The van der Waals surface area contributed by atoms with Crippen LogP contribution in [0.4, 0.5) is 0 Å². The van der Waals surface area contributed by atoms with Gasteiger partial charge in [0.2, 0.25) is 6.29 Å². The molecule has 0 saturated carbocycles. The van der Waals surface area contributed by atoms with Crippen LogP contribution in [0.15, 0.2) is 30.3 Å². The standard InChI is InChI=1S/C21H22O11/c22-7-16-18(27)19(28)20(29)21(32-16)30-9-4-12(25)17-13(26)6-14(31-15(17)5-9)8-1-2-10(23)11(24)3-8/h1-5,14,16,18-25,27-29H,6-7H2/t14-,16+,18+,19-,20+,21+/m0/s1. The number of hydrogen-bond acceptors (Lipinski definition) is 11. The van der Waals surface area contributed by atoms with Gasteiger partial charge in [0.15, 0.2) is 17.3 Å². The number of ketones is 1. The Labute approximate surface area is 181 Å². The fourth-order valence-corrected chi connectivity index (χ4v) is 3.71. The second-order valence-corrected chi connectivity index (χ2v) is 7.61. The van der Waals surface area contributed by atoms with E-state index in [9.17, 15) is 40.5 Å². The maximum Gasteiger partial charge on any atom is 0.229 e. The highest BCUT2D eigenvalue weighted by Crippen LogP contribution is 2.43. The van der Waals surface area contributed by atoms with Crippen molar-refractivity contribution in [3.05, 3.63) is 41.5 Å². The number of Topliss-reactive ketones (excluding diaryl/α,β-unsaturated/α-hetero) is 1. The molecule has 32 heavy (non-hydrogen) atoms. The summed E-state index contributed by atoms with van der Waals surface area (Å²) in [5, 5.41) is 68.8. The van der Waals surface area contributed by atoms with E-state index in [4.69, 9.17) is 14.2 Å². The van der Waals surface area contributed by atoms with E-state index in [0.29, 0.717) is 5.56 Å². The Bertz CT molecular complexity index is 1020. The first-order valence-corrected chi connectivity index (χ1v) is 9.75. The summed E-state index contributed by atoms with van der Waals surface area (Å²) in [6.45, 7) is -0.640. The summed E-state index contributed by atoms with van der Waals surface area (Å²) < 4.78 is 16.6. The van der Waals surface area contributed by atoms with E-state index >= 15 is 0 Å². The van der Waals surface area contributed by atoms with Gasteiger partial charge in [-0.15, -0.1) is 0 Å². The Morgan fingerprint density at radius 2 is 1.69 bits per heavy atom. The summed E-state index contributed by atoms with van der Waals surface area (Å²) in [6.07, 6.45) is -8.50. The Balaban J connectivity index is 1.60. The largest absolute Gasteiger partial charge is 0.507 e. The molecule has 0 aromatic heterocycles. The minimum Gasteiger partial charge on any atom is -0.507 e. The molecule has 172 valence electrons. The van der Waals surface area contributed by atoms with E-state index in [0.717, 1.165) is 6.07 Å². The molecule has 7 N–H and O–H groups in total. The van der Waals surface area contributed by atoms with Crippen molar-refractivity contribution in [2.75, 3.05) is 6.61 Å². The van der Waals surface area contributed by atoms with Crippen LogP contribution in [-0.4, -0.2) is 78.8 Å². The maximum atomic E-state index is 12.6. The first-order chi connectivity index (χ1) is 15.2. The smallest absolute Gasteiger partial charge is 0.229 e. The van der Waals surface area contributed by atoms with Crippen LogP contribution in [0.5, 0.6) is 28.7 Å². The lowest BCUT2D eigenvalue weighted by atomic mass is 9.95. The highest BCUT2D eigenvalue weighted by Gasteiger charge is 2.45. The quantitative estimate of drug-likeness (QED) is 0.303. The molecule has 0 bridgehead atoms. The van der Waals surface area contributed by atoms with Crippen LogP contribution in [0.3, 0.4) is 0 Å². The normalized spacial score (nSPS) is 29.8. The molecule has 0 unspecified atom stereocenters. The number of phenols is 3. The fraction of sp³-hybridized carbons (Fsp3) is 0.381. The predicted octanol–water partition coefficient (Wildman–Crippen LogP) is -0.311. The summed E-state index contributed by atoms with van der Waals surface area (Å²) in [7, 11) is 0. The SMILES string of the molecule is O=C1C[C@@H](c2ccc(O)c(O)c2)Oc2cc(O[C@@H]3O[C@H](CO)[C@@H](O)[C@H](O)[C@H]3O)cc(O)c21. The number of aliphatic hydroxyl groups is 4. The molecular weight excluding hydrogens is 428 g/mol. The second-order valence-electron chi connectivity index (χ2n) is 7.61. The number of carbonyl (C=O) groups is 1. The van der Waals surface area contributed by atoms with Crippen molar-refractivity contribution in [2.45, 2.75) is 43.2 Å². The highest BCUT2D eigenvalue weighted by molar-refractivity contribution is 6.02. The Kier molecular flexibility index (Phi) is 5.84. The van der Waals surface area contributed by atoms with E-state index in [1.807, 2.05) is 0 Å². The molecule has 0 spiro atoms. The average Bonchev–Trinajstić information content (AvgIpc) is 2.75. The lowest BCUT2D eigenvalue weighted by molar-refractivity contribution is -0.277. The van der Waals surface area contributed by atoms with Crippen LogP contribution in [0.1, 0.15) is 28.4 Å². The molecule has 2 aliphatic heterocycles. The molecule has 11 nitrogen and oxygen atoms in total. The van der Waals surface area contributed by atoms with Crippen LogP contribution in [0.25, 0.3) is 0 Å². The first-order valence-electron chi connectivity index (χ1n) is 9.75. The number of aromatic hydroxyl groups is 3. The Hall–Kier alpha value is -3.09. The van der Waals surface area contributed by atoms with Gasteiger partial charge >= 0.3 is 0 Å². The molecule has 0 radical (unpaired) electrons. The van der Waals surface area contributed by atoms with Gasteiger partial charge in [0.1, 0.15) is 53.3 Å². The van der Waals surface area contributed by atoms with E-state index in [2.05, 4.69) is 0 Å². The average molecular weight is 450 g/mol. The third kappa shape index (κ3) is 3.92. The molecule has 2 aromatic rings. The van der Waals surface area contributed by atoms with Gasteiger partial charge in [-0.2, -0.15) is 0 Å². The third-order valence-electron chi connectivity index (χ3n) is 5.45. The summed E-state index contributed by atoms with van der Waals surface area (Å²) in [5.41, 5.74) is 0.337. The van der Waals surface area contributed by atoms with Crippen LogP contribution in [0, 0.1) is 0 Å². The fourth-order valence-electron chi connectivity index (χ4n) is 3.71. The van der Waals surface area contributed by atoms with Crippen molar-refractivity contribution in [2.24, 2.45) is 0 Å². The number of carbonyl (C=O) groups excluding carboxylic acids is 1. The number of benzene rings is 2. The number of aliphatic hydroxyl groups excluding tert-OH is 4. The third-order valence-corrected chi connectivity index (χ3v) is 5.45. The number of hydrogen-bond donors (Lipinski definition) is 7. The highest BCUT2D eigenvalue weighted by atomic mass is 16.7. The van der Waals surface area contributed by atoms with Crippen molar-refractivity contribution < 1.29 is 54.8 Å². The molecule has 4 rings (SSSR count). The minimum absolute atomic E-state index is 0.0293. The molecule has 6 atom stereocenters. The number of fused-ring (bicyclic) bond motifs is 1. The van der Waals surface area contributed by atoms with Crippen molar-refractivity contribution >= 4 is 5.78 Å². The number of rotatable bonds is 4. The van der Waals surface area contributed by atoms with E-state index < -0.39 is 54.9 Å². The van der Waals surface area contributed by atoms with Crippen LogP contribution in [-0.2, 0) is 4.74 Å². The monoisotopic (exact) mass is 450 g/mol. The van der Waals surface area contributed by atoms with Gasteiger partial charge in [0.05, 0.1) is 13.0 Å². The summed E-state index contributed by atoms with van der Waals surface area (Å²) in [6, 6.07) is 6.37. The zero-order valence-corrected chi connectivity index (χ0v) is 16.5. The van der Waals surface area contributed by atoms with E-state index in [1.54, 1.807) is 0 Å². The molecule has 2 heterocycles. The summed E-state index contributed by atoms with van der Waals surface area (Å²) in [4.78, 5) is 12.6. The molecule has 11 heteroatoms. The van der Waals surface area contributed by atoms with Gasteiger partial charge in [0, 0.05) is 12.1 Å². The number of phenolic OH excluding ortho intramolecular Hbond substituents is 3. The lowest BCUT2D eigenvalue weighted by Crippen LogP contribution is -2.60. The topological polar surface area (TPSA) is 186 Å². The molecule has 2 aromatic carbocycles. The summed E-state index contributed by atoms with van der Waals surface area (Å²) >= 11 is 0. The van der Waals surface area contributed by atoms with Crippen LogP contribution in [0.2, 0.25) is 0 Å². The van der Waals surface area contributed by atoms with Crippen molar-refractivity contribution in [3.63, 3.8) is 0 Å². The van der Waals surface area contributed by atoms with Gasteiger partial charge in [-0.05, 0) is 17.7 Å². The minimum atomic E-state index is -1.67. The van der Waals surface area contributed by atoms with E-state index in [1.165, 1.54) is 24.3 Å². The van der Waals surface area contributed by atoms with Gasteiger partial charge in [0.25, 0.3) is 0 Å². The molecule has 2 aliphatic rings. The van der Waals surface area contributed by atoms with Crippen LogP contribution >= 0.6 is 0 Å². The molecule has 1 fully saturated rings. The predicted molar refractivity (Wildman–Crippen MR) is 105 cm³/mol. The van der Waals surface area contributed by atoms with Crippen molar-refractivity contribution in [1.82, 2.24) is 0 Å². The zero-order valence-electron chi connectivity index (χ0n) is 16.5. The van der Waals surface area contributed by atoms with Gasteiger partial charge in [-0.1, -0.05) is 6.07 Å². The Morgan fingerprint density at radius 1 is 0.938 bits per heavy atom. The maximum absolute atomic E-state index is 12.6. The molecule has 1 saturated heterocycles. The summed E-state index contributed by atoms with van der Waals surface area (Å²) in [5.74, 6) is -1.69. The lowest BCUT2D eigenvalue weighted by Gasteiger charge is -2.39. The number of ether oxygens (including phenoxy) is 3.